The summed E-state index contributed by atoms with van der Waals surface area (Å²) in [6.45, 7) is 9.98. The molecule has 3 aliphatic rings. The number of carbonyl (C=O) groups excluding carboxylic acids is 1. The third kappa shape index (κ3) is 4.70. The molecule has 0 spiro atoms. The molecule has 194 valence electrons. The number of halogens is 3. The van der Waals surface area contributed by atoms with Crippen molar-refractivity contribution in [2.24, 2.45) is 5.92 Å². The van der Waals surface area contributed by atoms with Crippen molar-refractivity contribution in [2.45, 2.75) is 57.9 Å². The second-order valence-corrected chi connectivity index (χ2v) is 10.2. The van der Waals surface area contributed by atoms with Gasteiger partial charge in [0.05, 0.1) is 18.8 Å². The first-order chi connectivity index (χ1) is 17.1. The topological polar surface area (TPSA) is 54.9 Å². The number of benzene rings is 1. The number of likely N-dealkylation sites (tertiary alicyclic amines) is 2. The second-order valence-electron chi connectivity index (χ2n) is 10.2. The van der Waals surface area contributed by atoms with E-state index >= 15 is 0 Å². The molecule has 5 rings (SSSR count). The lowest BCUT2D eigenvalue weighted by Gasteiger charge is -2.38. The molecule has 0 N–H and O–H groups in total. The summed E-state index contributed by atoms with van der Waals surface area (Å²) in [6, 6.07) is 6.75. The molecular formula is C27H32F3N3O3. The van der Waals surface area contributed by atoms with Gasteiger partial charge < -0.3 is 14.4 Å². The fraction of sp³-hybridized carbons (Fsp3) is 0.556. The molecule has 1 amide bonds. The Balaban J connectivity index is 1.23. The number of hydrogen-bond donors (Lipinski definition) is 0. The zero-order valence-electron chi connectivity index (χ0n) is 20.8. The zero-order chi connectivity index (χ0) is 25.6. The molecule has 0 radical (unpaired) electrons. The standard InChI is InChI=1S/C27H32F3N3O3/c1-16-17(2)24(36-15-19-8-9-35-14-19)6-5-23(16)18(3)32-12-22-10-21(32)13-33(22)26(34)20-4-7-25(31-11-20)27(28,29)30/h4-7,11,18-19,21-22H,8-10,12-15H2,1-3H3/t18-,19?,21+,22+/m0/s1. The summed E-state index contributed by atoms with van der Waals surface area (Å²) in [7, 11) is 0. The Morgan fingerprint density at radius 3 is 2.58 bits per heavy atom. The van der Waals surface area contributed by atoms with Crippen molar-refractivity contribution < 1.29 is 27.4 Å². The van der Waals surface area contributed by atoms with Crippen LogP contribution in [0.1, 0.15) is 58.5 Å². The molecule has 4 heterocycles. The Labute approximate surface area is 209 Å². The third-order valence-electron chi connectivity index (χ3n) is 8.07. The van der Waals surface area contributed by atoms with E-state index in [2.05, 4.69) is 42.8 Å². The fourth-order valence-electron chi connectivity index (χ4n) is 5.80. The van der Waals surface area contributed by atoms with Crippen molar-refractivity contribution in [1.82, 2.24) is 14.8 Å². The van der Waals surface area contributed by atoms with Gasteiger partial charge in [-0.1, -0.05) is 6.07 Å². The van der Waals surface area contributed by atoms with Crippen LogP contribution in [0.3, 0.4) is 0 Å². The highest BCUT2D eigenvalue weighted by atomic mass is 19.4. The Morgan fingerprint density at radius 1 is 1.17 bits per heavy atom. The zero-order valence-corrected chi connectivity index (χ0v) is 20.8. The van der Waals surface area contributed by atoms with E-state index < -0.39 is 11.9 Å². The number of nitrogens with zero attached hydrogens (tertiary/aromatic N) is 3. The molecular weight excluding hydrogens is 471 g/mol. The Bertz CT molecular complexity index is 1120. The van der Waals surface area contributed by atoms with E-state index in [1.807, 2.05) is 0 Å². The molecule has 0 saturated carbocycles. The van der Waals surface area contributed by atoms with Gasteiger partial charge in [-0.25, -0.2) is 0 Å². The molecule has 3 saturated heterocycles. The van der Waals surface area contributed by atoms with E-state index in [9.17, 15) is 18.0 Å². The Hall–Kier alpha value is -2.65. The normalized spacial score (nSPS) is 24.9. The minimum absolute atomic E-state index is 0.0462. The van der Waals surface area contributed by atoms with Crippen molar-refractivity contribution >= 4 is 5.91 Å². The van der Waals surface area contributed by atoms with Crippen molar-refractivity contribution in [3.63, 3.8) is 0 Å². The monoisotopic (exact) mass is 503 g/mol. The van der Waals surface area contributed by atoms with E-state index in [0.717, 1.165) is 56.2 Å². The number of pyridine rings is 1. The molecule has 1 unspecified atom stereocenters. The van der Waals surface area contributed by atoms with E-state index in [1.54, 1.807) is 4.90 Å². The number of hydrogen-bond acceptors (Lipinski definition) is 5. The number of alkyl halides is 3. The minimum atomic E-state index is -4.52. The van der Waals surface area contributed by atoms with Gasteiger partial charge in [0.25, 0.3) is 5.91 Å². The number of carbonyl (C=O) groups is 1. The van der Waals surface area contributed by atoms with Crippen molar-refractivity contribution in [2.75, 3.05) is 32.9 Å². The van der Waals surface area contributed by atoms with Gasteiger partial charge >= 0.3 is 6.18 Å². The van der Waals surface area contributed by atoms with Gasteiger partial charge in [-0.3, -0.25) is 14.7 Å². The van der Waals surface area contributed by atoms with Gasteiger partial charge in [0.2, 0.25) is 0 Å². The summed E-state index contributed by atoms with van der Waals surface area (Å²) < 4.78 is 50.0. The van der Waals surface area contributed by atoms with E-state index in [0.29, 0.717) is 19.1 Å². The quantitative estimate of drug-likeness (QED) is 0.567. The average molecular weight is 504 g/mol. The minimum Gasteiger partial charge on any atom is -0.493 e. The molecule has 0 aliphatic carbocycles. The predicted octanol–water partition coefficient (Wildman–Crippen LogP) is 4.79. The van der Waals surface area contributed by atoms with Gasteiger partial charge in [0, 0.05) is 49.9 Å². The molecule has 1 aromatic carbocycles. The van der Waals surface area contributed by atoms with Crippen LogP contribution in [-0.2, 0) is 10.9 Å². The van der Waals surface area contributed by atoms with E-state index in [4.69, 9.17) is 9.47 Å². The van der Waals surface area contributed by atoms with Crippen LogP contribution in [0.25, 0.3) is 0 Å². The largest absolute Gasteiger partial charge is 0.493 e. The molecule has 4 atom stereocenters. The highest BCUT2D eigenvalue weighted by molar-refractivity contribution is 5.94. The fourth-order valence-corrected chi connectivity index (χ4v) is 5.80. The maximum atomic E-state index is 13.0. The summed E-state index contributed by atoms with van der Waals surface area (Å²) in [6.07, 6.45) is -1.57. The van der Waals surface area contributed by atoms with Crippen molar-refractivity contribution in [3.05, 3.63) is 58.4 Å². The first kappa shape index (κ1) is 25.0. The number of rotatable bonds is 6. The number of aromatic nitrogens is 1. The lowest BCUT2D eigenvalue weighted by molar-refractivity contribution is -0.141. The predicted molar refractivity (Wildman–Crippen MR) is 128 cm³/mol. The molecule has 36 heavy (non-hydrogen) atoms. The maximum Gasteiger partial charge on any atom is 0.433 e. The summed E-state index contributed by atoms with van der Waals surface area (Å²) in [5, 5.41) is 0. The lowest BCUT2D eigenvalue weighted by Crippen LogP contribution is -2.49. The molecule has 1 aromatic heterocycles. The second kappa shape index (κ2) is 9.67. The number of amides is 1. The number of piperazine rings is 1. The van der Waals surface area contributed by atoms with Gasteiger partial charge in [0.1, 0.15) is 11.4 Å². The van der Waals surface area contributed by atoms with Crippen LogP contribution < -0.4 is 4.74 Å². The Kier molecular flexibility index (Phi) is 6.72. The molecule has 2 aromatic rings. The number of fused-ring (bicyclic) bond motifs is 2. The van der Waals surface area contributed by atoms with Gasteiger partial charge in [-0.15, -0.1) is 0 Å². The first-order valence-electron chi connectivity index (χ1n) is 12.5. The van der Waals surface area contributed by atoms with Gasteiger partial charge in [0.15, 0.2) is 0 Å². The summed E-state index contributed by atoms with van der Waals surface area (Å²) in [5.74, 6) is 1.12. The first-order valence-corrected chi connectivity index (χ1v) is 12.5. The molecule has 3 aliphatic heterocycles. The number of ether oxygens (including phenoxy) is 2. The van der Waals surface area contributed by atoms with Gasteiger partial charge in [-0.05, 0) is 68.5 Å². The average Bonchev–Trinajstić information content (AvgIpc) is 3.61. The molecule has 6 nitrogen and oxygen atoms in total. The molecule has 3 fully saturated rings. The van der Waals surface area contributed by atoms with Crippen LogP contribution in [-0.4, -0.2) is 65.7 Å². The van der Waals surface area contributed by atoms with E-state index in [1.165, 1.54) is 17.2 Å². The maximum absolute atomic E-state index is 13.0. The highest BCUT2D eigenvalue weighted by Gasteiger charge is 2.47. The summed E-state index contributed by atoms with van der Waals surface area (Å²) in [5.41, 5.74) is 2.82. The SMILES string of the molecule is Cc1c(OCC2CCOC2)ccc([C@H](C)N2C[C@H]3C[C@@H]2CN3C(=O)c2ccc(C(F)(F)F)nc2)c1C. The summed E-state index contributed by atoms with van der Waals surface area (Å²) >= 11 is 0. The van der Waals surface area contributed by atoms with Crippen LogP contribution in [0.5, 0.6) is 5.75 Å². The highest BCUT2D eigenvalue weighted by Crippen LogP contribution is 2.39. The lowest BCUT2D eigenvalue weighted by atomic mass is 9.96. The van der Waals surface area contributed by atoms with E-state index in [-0.39, 0.29) is 29.6 Å². The third-order valence-corrected chi connectivity index (χ3v) is 8.07. The van der Waals surface area contributed by atoms with Crippen molar-refractivity contribution in [1.29, 1.82) is 0 Å². The smallest absolute Gasteiger partial charge is 0.433 e. The van der Waals surface area contributed by atoms with Crippen molar-refractivity contribution in [3.8, 4) is 5.75 Å². The van der Waals surface area contributed by atoms with Crippen LogP contribution in [0, 0.1) is 19.8 Å². The van der Waals surface area contributed by atoms with Gasteiger partial charge in [-0.2, -0.15) is 13.2 Å². The molecule has 9 heteroatoms. The van der Waals surface area contributed by atoms with Crippen LogP contribution in [0.4, 0.5) is 13.2 Å². The Morgan fingerprint density at radius 2 is 1.97 bits per heavy atom. The molecule has 2 bridgehead atoms. The van der Waals surface area contributed by atoms with Crippen LogP contribution >= 0.6 is 0 Å². The van der Waals surface area contributed by atoms with Crippen LogP contribution in [0.2, 0.25) is 0 Å². The summed E-state index contributed by atoms with van der Waals surface area (Å²) in [4.78, 5) is 20.7. The van der Waals surface area contributed by atoms with Crippen LogP contribution in [0.15, 0.2) is 30.5 Å².